The van der Waals surface area contributed by atoms with Crippen molar-refractivity contribution in [1.29, 1.82) is 0 Å². The number of aryl methyl sites for hydroxylation is 1. The van der Waals surface area contributed by atoms with E-state index in [1.807, 2.05) is 0 Å². The Labute approximate surface area is 77.6 Å². The first kappa shape index (κ1) is 9.74. The van der Waals surface area contributed by atoms with Gasteiger partial charge in [-0.2, -0.15) is 0 Å². The quantitative estimate of drug-likeness (QED) is 0.583. The standard InChI is InChI=1S/C11H17P/c1-7(2)10-6-5-8(3)9(4)11(10)12/h5-7H,12H2,1-4H3. The van der Waals surface area contributed by atoms with Crippen LogP contribution in [0.25, 0.3) is 0 Å². The predicted molar refractivity (Wildman–Crippen MR) is 59.3 cm³/mol. The van der Waals surface area contributed by atoms with Gasteiger partial charge in [-0.15, -0.1) is 9.24 Å². The van der Waals surface area contributed by atoms with Gasteiger partial charge in [-0.3, -0.25) is 0 Å². The largest absolute Gasteiger partial charge is 0.105 e. The van der Waals surface area contributed by atoms with Crippen molar-refractivity contribution in [2.24, 2.45) is 0 Å². The maximum Gasteiger partial charge on any atom is -0.0213 e. The Morgan fingerprint density at radius 3 is 2.25 bits per heavy atom. The van der Waals surface area contributed by atoms with Gasteiger partial charge in [0.1, 0.15) is 0 Å². The van der Waals surface area contributed by atoms with Crippen molar-refractivity contribution >= 4 is 14.5 Å². The van der Waals surface area contributed by atoms with Gasteiger partial charge in [-0.1, -0.05) is 26.0 Å². The van der Waals surface area contributed by atoms with E-state index >= 15 is 0 Å². The minimum atomic E-state index is 0.622. The van der Waals surface area contributed by atoms with Crippen molar-refractivity contribution in [3.63, 3.8) is 0 Å². The number of benzene rings is 1. The third-order valence-corrected chi connectivity index (χ3v) is 3.21. The topological polar surface area (TPSA) is 0 Å². The Balaban J connectivity index is 3.27. The van der Waals surface area contributed by atoms with E-state index in [2.05, 4.69) is 49.1 Å². The van der Waals surface area contributed by atoms with Gasteiger partial charge in [-0.05, 0) is 41.8 Å². The highest BCUT2D eigenvalue weighted by Gasteiger charge is 2.06. The van der Waals surface area contributed by atoms with E-state index in [1.165, 1.54) is 22.0 Å². The lowest BCUT2D eigenvalue weighted by atomic mass is 9.98. The maximum atomic E-state index is 2.85. The zero-order valence-corrected chi connectivity index (χ0v) is 9.46. The molecule has 1 aromatic rings. The molecule has 0 N–H and O–H groups in total. The lowest BCUT2D eigenvalue weighted by molar-refractivity contribution is 0.872. The Morgan fingerprint density at radius 2 is 1.75 bits per heavy atom. The molecule has 0 radical (unpaired) electrons. The summed E-state index contributed by atoms with van der Waals surface area (Å²) in [4.78, 5) is 0. The molecule has 66 valence electrons. The number of hydrogen-bond acceptors (Lipinski definition) is 0. The first-order chi connectivity index (χ1) is 5.54. The predicted octanol–water partition coefficient (Wildman–Crippen LogP) is 2.93. The van der Waals surface area contributed by atoms with Gasteiger partial charge in [0, 0.05) is 0 Å². The van der Waals surface area contributed by atoms with Gasteiger partial charge in [0.25, 0.3) is 0 Å². The molecule has 0 bridgehead atoms. The second kappa shape index (κ2) is 3.58. The Kier molecular flexibility index (Phi) is 2.90. The fraction of sp³-hybridized carbons (Fsp3) is 0.455. The van der Waals surface area contributed by atoms with E-state index in [0.717, 1.165) is 0 Å². The lowest BCUT2D eigenvalue weighted by Crippen LogP contribution is -2.08. The maximum absolute atomic E-state index is 2.85. The molecule has 0 aromatic heterocycles. The fourth-order valence-electron chi connectivity index (χ4n) is 1.36. The summed E-state index contributed by atoms with van der Waals surface area (Å²) in [5, 5.41) is 1.38. The monoisotopic (exact) mass is 180 g/mol. The molecule has 0 amide bonds. The van der Waals surface area contributed by atoms with E-state index in [9.17, 15) is 0 Å². The van der Waals surface area contributed by atoms with Gasteiger partial charge >= 0.3 is 0 Å². The second-order valence-electron chi connectivity index (χ2n) is 3.67. The second-order valence-corrected chi connectivity index (χ2v) is 4.24. The molecular weight excluding hydrogens is 163 g/mol. The lowest BCUT2D eigenvalue weighted by Gasteiger charge is -2.13. The van der Waals surface area contributed by atoms with Crippen LogP contribution in [0, 0.1) is 13.8 Å². The minimum absolute atomic E-state index is 0.622. The zero-order chi connectivity index (χ0) is 9.30. The highest BCUT2D eigenvalue weighted by atomic mass is 31.0. The molecule has 1 unspecified atom stereocenters. The van der Waals surface area contributed by atoms with E-state index in [-0.39, 0.29) is 0 Å². The summed E-state index contributed by atoms with van der Waals surface area (Å²) >= 11 is 0. The van der Waals surface area contributed by atoms with Crippen LogP contribution >= 0.6 is 9.24 Å². The molecule has 0 saturated carbocycles. The van der Waals surface area contributed by atoms with Crippen LogP contribution in [0.5, 0.6) is 0 Å². The molecule has 0 aliphatic rings. The molecule has 12 heavy (non-hydrogen) atoms. The summed E-state index contributed by atoms with van der Waals surface area (Å²) in [7, 11) is 2.85. The molecular formula is C11H17P. The van der Waals surface area contributed by atoms with Crippen LogP contribution in [0.4, 0.5) is 0 Å². The summed E-state index contributed by atoms with van der Waals surface area (Å²) < 4.78 is 0. The highest BCUT2D eigenvalue weighted by Crippen LogP contribution is 2.18. The molecule has 0 aliphatic heterocycles. The van der Waals surface area contributed by atoms with Crippen LogP contribution in [-0.4, -0.2) is 0 Å². The zero-order valence-electron chi connectivity index (χ0n) is 8.31. The van der Waals surface area contributed by atoms with Gasteiger partial charge < -0.3 is 0 Å². The van der Waals surface area contributed by atoms with Gasteiger partial charge in [-0.25, -0.2) is 0 Å². The van der Waals surface area contributed by atoms with Crippen LogP contribution in [0.2, 0.25) is 0 Å². The first-order valence-corrected chi connectivity index (χ1v) is 4.97. The molecule has 1 rings (SSSR count). The molecule has 0 spiro atoms. The molecule has 0 aliphatic carbocycles. The van der Waals surface area contributed by atoms with E-state index in [1.54, 1.807) is 0 Å². The fourth-order valence-corrected chi connectivity index (χ4v) is 2.02. The smallest absolute Gasteiger partial charge is 0.0213 e. The Hall–Kier alpha value is -0.350. The Morgan fingerprint density at radius 1 is 1.17 bits per heavy atom. The summed E-state index contributed by atoms with van der Waals surface area (Å²) in [5.41, 5.74) is 4.23. The molecule has 0 heterocycles. The summed E-state index contributed by atoms with van der Waals surface area (Å²) in [6.07, 6.45) is 0. The van der Waals surface area contributed by atoms with Crippen molar-refractivity contribution in [1.82, 2.24) is 0 Å². The molecule has 0 saturated heterocycles. The van der Waals surface area contributed by atoms with Crippen LogP contribution in [-0.2, 0) is 0 Å². The molecule has 1 aromatic carbocycles. The molecule has 1 heteroatoms. The first-order valence-electron chi connectivity index (χ1n) is 4.39. The van der Waals surface area contributed by atoms with Crippen molar-refractivity contribution in [2.45, 2.75) is 33.6 Å². The number of hydrogen-bond donors (Lipinski definition) is 0. The van der Waals surface area contributed by atoms with Crippen LogP contribution in [0.3, 0.4) is 0 Å². The Bertz CT molecular complexity index is 287. The minimum Gasteiger partial charge on any atom is -0.105 e. The highest BCUT2D eigenvalue weighted by molar-refractivity contribution is 7.27. The van der Waals surface area contributed by atoms with E-state index < -0.39 is 0 Å². The van der Waals surface area contributed by atoms with Crippen molar-refractivity contribution in [3.8, 4) is 0 Å². The van der Waals surface area contributed by atoms with Crippen molar-refractivity contribution in [2.75, 3.05) is 0 Å². The van der Waals surface area contributed by atoms with Gasteiger partial charge in [0.05, 0.1) is 0 Å². The van der Waals surface area contributed by atoms with E-state index in [0.29, 0.717) is 5.92 Å². The van der Waals surface area contributed by atoms with Gasteiger partial charge in [0.2, 0.25) is 0 Å². The van der Waals surface area contributed by atoms with Crippen LogP contribution in [0.15, 0.2) is 12.1 Å². The molecule has 1 atom stereocenters. The third kappa shape index (κ3) is 1.69. The van der Waals surface area contributed by atoms with Crippen molar-refractivity contribution in [3.05, 3.63) is 28.8 Å². The van der Waals surface area contributed by atoms with Crippen molar-refractivity contribution < 1.29 is 0 Å². The number of rotatable bonds is 1. The normalized spacial score (nSPS) is 10.8. The average Bonchev–Trinajstić information content (AvgIpc) is 2.00. The van der Waals surface area contributed by atoms with Gasteiger partial charge in [0.15, 0.2) is 0 Å². The third-order valence-electron chi connectivity index (χ3n) is 2.44. The summed E-state index contributed by atoms with van der Waals surface area (Å²) in [5.74, 6) is 0.622. The van der Waals surface area contributed by atoms with E-state index in [4.69, 9.17) is 0 Å². The van der Waals surface area contributed by atoms with Crippen LogP contribution < -0.4 is 5.30 Å². The average molecular weight is 180 g/mol. The van der Waals surface area contributed by atoms with Crippen LogP contribution in [0.1, 0.15) is 36.5 Å². The summed E-state index contributed by atoms with van der Waals surface area (Å²) in [6.45, 7) is 8.81. The molecule has 0 fully saturated rings. The summed E-state index contributed by atoms with van der Waals surface area (Å²) in [6, 6.07) is 4.44. The molecule has 0 nitrogen and oxygen atoms in total. The SMILES string of the molecule is Cc1ccc(C(C)C)c(P)c1C.